The molecule has 0 aliphatic rings. The van der Waals surface area contributed by atoms with E-state index in [1.165, 1.54) is 0 Å². The zero-order valence-corrected chi connectivity index (χ0v) is 12.2. The van der Waals surface area contributed by atoms with Gasteiger partial charge in [0.05, 0.1) is 18.0 Å². The Morgan fingerprint density at radius 1 is 1.33 bits per heavy atom. The van der Waals surface area contributed by atoms with Gasteiger partial charge in [-0.25, -0.2) is 4.98 Å². The third kappa shape index (κ3) is 3.30. The van der Waals surface area contributed by atoms with Gasteiger partial charge in [0.15, 0.2) is 0 Å². The molecule has 2 aromatic rings. The molecule has 0 spiro atoms. The van der Waals surface area contributed by atoms with Gasteiger partial charge in [0.1, 0.15) is 17.5 Å². The quantitative estimate of drug-likeness (QED) is 0.880. The highest BCUT2D eigenvalue weighted by atomic mass is 16.5. The van der Waals surface area contributed by atoms with E-state index in [2.05, 4.69) is 16.4 Å². The molecule has 0 radical (unpaired) electrons. The highest BCUT2D eigenvalue weighted by Gasteiger charge is 2.15. The first kappa shape index (κ1) is 14.8. The van der Waals surface area contributed by atoms with Gasteiger partial charge in [-0.05, 0) is 12.5 Å². The molecule has 0 amide bonds. The third-order valence-electron chi connectivity index (χ3n) is 3.24. The Hall–Kier alpha value is -2.58. The number of nitriles is 1. The average Bonchev–Trinajstić information content (AvgIpc) is 2.51. The van der Waals surface area contributed by atoms with E-state index >= 15 is 0 Å². The van der Waals surface area contributed by atoms with Crippen LogP contribution < -0.4 is 11.1 Å². The minimum absolute atomic E-state index is 0.290. The molecule has 0 fully saturated rings. The third-order valence-corrected chi connectivity index (χ3v) is 3.24. The lowest BCUT2D eigenvalue weighted by atomic mass is 10.1. The molecule has 108 valence electrons. The molecule has 2 rings (SSSR count). The maximum absolute atomic E-state index is 9.40. The fourth-order valence-electron chi connectivity index (χ4n) is 2.10. The molecule has 5 heteroatoms. The lowest BCUT2D eigenvalue weighted by molar-refractivity contribution is 0.185. The molecule has 0 saturated carbocycles. The number of nitrogens with zero attached hydrogens (tertiary/aromatic N) is 2. The van der Waals surface area contributed by atoms with Gasteiger partial charge < -0.3 is 15.8 Å². The summed E-state index contributed by atoms with van der Waals surface area (Å²) in [6, 6.07) is 12.1. The Morgan fingerprint density at radius 3 is 2.67 bits per heavy atom. The molecule has 0 saturated heterocycles. The summed E-state index contributed by atoms with van der Waals surface area (Å²) in [5, 5.41) is 12.6. The lowest BCUT2D eigenvalue weighted by Gasteiger charge is -2.15. The number of benzene rings is 1. The zero-order valence-electron chi connectivity index (χ0n) is 12.2. The van der Waals surface area contributed by atoms with E-state index in [1.54, 1.807) is 7.11 Å². The lowest BCUT2D eigenvalue weighted by Crippen LogP contribution is -2.10. The van der Waals surface area contributed by atoms with Crippen LogP contribution in [-0.2, 0) is 17.9 Å². The second-order valence-corrected chi connectivity index (χ2v) is 4.70. The van der Waals surface area contributed by atoms with Crippen molar-refractivity contribution in [2.75, 3.05) is 18.2 Å². The Bertz CT molecular complexity index is 662. The van der Waals surface area contributed by atoms with Crippen LogP contribution in [0.3, 0.4) is 0 Å². The Morgan fingerprint density at radius 2 is 2.05 bits per heavy atom. The van der Waals surface area contributed by atoms with E-state index in [9.17, 15) is 5.26 Å². The van der Waals surface area contributed by atoms with Crippen molar-refractivity contribution in [3.05, 3.63) is 52.7 Å². The van der Waals surface area contributed by atoms with Crippen molar-refractivity contribution < 1.29 is 4.74 Å². The van der Waals surface area contributed by atoms with Crippen molar-refractivity contribution in [1.82, 2.24) is 4.98 Å². The summed E-state index contributed by atoms with van der Waals surface area (Å²) in [5.41, 5.74) is 9.44. The van der Waals surface area contributed by atoms with E-state index < -0.39 is 0 Å². The molecule has 1 heterocycles. The SMILES string of the molecule is COCc1c(N)c(C)nc(NCc2ccccc2)c1C#N. The van der Waals surface area contributed by atoms with Gasteiger partial charge >= 0.3 is 0 Å². The highest BCUT2D eigenvalue weighted by molar-refractivity contribution is 5.66. The van der Waals surface area contributed by atoms with E-state index in [1.807, 2.05) is 37.3 Å². The molecule has 0 atom stereocenters. The molecule has 0 aliphatic carbocycles. The van der Waals surface area contributed by atoms with Crippen molar-refractivity contribution in [2.24, 2.45) is 0 Å². The van der Waals surface area contributed by atoms with Crippen LogP contribution in [0.5, 0.6) is 0 Å². The van der Waals surface area contributed by atoms with Crippen LogP contribution in [0.15, 0.2) is 30.3 Å². The summed E-state index contributed by atoms with van der Waals surface area (Å²) in [5.74, 6) is 0.542. The van der Waals surface area contributed by atoms with Crippen LogP contribution in [0.1, 0.15) is 22.4 Å². The number of nitrogens with two attached hydrogens (primary N) is 1. The Labute approximate surface area is 124 Å². The topological polar surface area (TPSA) is 84.0 Å². The molecule has 1 aromatic carbocycles. The molecule has 0 aliphatic heterocycles. The van der Waals surface area contributed by atoms with Gasteiger partial charge in [-0.1, -0.05) is 30.3 Å². The number of aryl methyl sites for hydroxylation is 1. The normalized spacial score (nSPS) is 10.1. The van der Waals surface area contributed by atoms with Crippen molar-refractivity contribution in [3.8, 4) is 6.07 Å². The van der Waals surface area contributed by atoms with Crippen molar-refractivity contribution in [3.63, 3.8) is 0 Å². The fourth-order valence-corrected chi connectivity index (χ4v) is 2.10. The van der Waals surface area contributed by atoms with Crippen molar-refractivity contribution >= 4 is 11.5 Å². The summed E-state index contributed by atoms with van der Waals surface area (Å²) in [6.07, 6.45) is 0. The second-order valence-electron chi connectivity index (χ2n) is 4.70. The molecule has 5 nitrogen and oxygen atoms in total. The van der Waals surface area contributed by atoms with Gasteiger partial charge in [0, 0.05) is 19.2 Å². The fraction of sp³-hybridized carbons (Fsp3) is 0.250. The average molecular weight is 282 g/mol. The predicted molar refractivity (Wildman–Crippen MR) is 82.6 cm³/mol. The van der Waals surface area contributed by atoms with Crippen LogP contribution in [-0.4, -0.2) is 12.1 Å². The molecule has 0 unspecified atom stereocenters. The first-order valence-corrected chi connectivity index (χ1v) is 6.63. The maximum atomic E-state index is 9.40. The van der Waals surface area contributed by atoms with Crippen molar-refractivity contribution in [2.45, 2.75) is 20.1 Å². The van der Waals surface area contributed by atoms with Crippen molar-refractivity contribution in [1.29, 1.82) is 5.26 Å². The zero-order chi connectivity index (χ0) is 15.2. The number of nitrogen functional groups attached to an aromatic ring is 1. The van der Waals surface area contributed by atoms with Gasteiger partial charge in [-0.15, -0.1) is 0 Å². The highest BCUT2D eigenvalue weighted by Crippen LogP contribution is 2.26. The number of nitrogens with one attached hydrogen (secondary N) is 1. The number of pyridine rings is 1. The van der Waals surface area contributed by atoms with E-state index in [0.29, 0.717) is 34.9 Å². The van der Waals surface area contributed by atoms with Crippen LogP contribution >= 0.6 is 0 Å². The molecular weight excluding hydrogens is 264 g/mol. The first-order valence-electron chi connectivity index (χ1n) is 6.63. The number of ether oxygens (including phenoxy) is 1. The molecule has 3 N–H and O–H groups in total. The van der Waals surface area contributed by atoms with Gasteiger partial charge in [0.2, 0.25) is 0 Å². The summed E-state index contributed by atoms with van der Waals surface area (Å²) in [6.45, 7) is 2.71. The molecule has 0 bridgehead atoms. The smallest absolute Gasteiger partial charge is 0.145 e. The van der Waals surface area contributed by atoms with Gasteiger partial charge in [-0.2, -0.15) is 5.26 Å². The largest absolute Gasteiger partial charge is 0.397 e. The monoisotopic (exact) mass is 282 g/mol. The molecular formula is C16H18N4O. The molecule has 21 heavy (non-hydrogen) atoms. The van der Waals surface area contributed by atoms with Crippen LogP contribution in [0.4, 0.5) is 11.5 Å². The predicted octanol–water partition coefficient (Wildman–Crippen LogP) is 2.60. The summed E-state index contributed by atoms with van der Waals surface area (Å²) in [4.78, 5) is 4.39. The van der Waals surface area contributed by atoms with Crippen LogP contribution in [0.2, 0.25) is 0 Å². The van der Waals surface area contributed by atoms with E-state index in [-0.39, 0.29) is 6.61 Å². The maximum Gasteiger partial charge on any atom is 0.145 e. The Kier molecular flexibility index (Phi) is 4.75. The number of aromatic nitrogens is 1. The first-order chi connectivity index (χ1) is 10.2. The van der Waals surface area contributed by atoms with Gasteiger partial charge in [-0.3, -0.25) is 0 Å². The number of hydrogen-bond acceptors (Lipinski definition) is 5. The number of methoxy groups -OCH3 is 1. The second kappa shape index (κ2) is 6.73. The molecule has 1 aromatic heterocycles. The summed E-state index contributed by atoms with van der Waals surface area (Å²) in [7, 11) is 1.58. The number of rotatable bonds is 5. The van der Waals surface area contributed by atoms with E-state index in [0.717, 1.165) is 5.56 Å². The minimum Gasteiger partial charge on any atom is -0.397 e. The Balaban J connectivity index is 2.33. The minimum atomic E-state index is 0.290. The van der Waals surface area contributed by atoms with Crippen LogP contribution in [0.25, 0.3) is 0 Å². The van der Waals surface area contributed by atoms with Crippen LogP contribution in [0, 0.1) is 18.3 Å². The number of hydrogen-bond donors (Lipinski definition) is 2. The standard InChI is InChI=1S/C16H18N4O/c1-11-15(18)14(10-21-2)13(8-17)16(20-11)19-9-12-6-4-3-5-7-12/h3-7H,9-10,18H2,1-2H3,(H,19,20). The van der Waals surface area contributed by atoms with E-state index in [4.69, 9.17) is 10.5 Å². The summed E-state index contributed by atoms with van der Waals surface area (Å²) >= 11 is 0. The summed E-state index contributed by atoms with van der Waals surface area (Å²) < 4.78 is 5.14. The van der Waals surface area contributed by atoms with Gasteiger partial charge in [0.25, 0.3) is 0 Å². The number of anilines is 2.